The Hall–Kier alpha value is -0.970. The molecule has 0 rings (SSSR count). The Morgan fingerprint density at radius 1 is 1.54 bits per heavy atom. The largest absolute Gasteiger partial charge is 0.308 e. The molecule has 0 heterocycles. The minimum Gasteiger partial charge on any atom is -0.308 e. The van der Waals surface area contributed by atoms with Crippen LogP contribution >= 0.6 is 0 Å². The first-order chi connectivity index (χ1) is 6.26. The maximum absolute atomic E-state index is 8.87. The van der Waals surface area contributed by atoms with Gasteiger partial charge in [-0.15, -0.1) is 0 Å². The smallest absolute Gasteiger partial charge is 0.179 e. The van der Waals surface area contributed by atoms with E-state index in [1.807, 2.05) is 17.9 Å². The van der Waals surface area contributed by atoms with Crippen molar-refractivity contribution in [3.63, 3.8) is 0 Å². The van der Waals surface area contributed by atoms with Gasteiger partial charge in [0, 0.05) is 12.6 Å². The average molecular weight is 180 g/mol. The number of nitriles is 1. The molecule has 0 amide bonds. The monoisotopic (exact) mass is 180 g/mol. The zero-order chi connectivity index (χ0) is 10.1. The lowest BCUT2D eigenvalue weighted by atomic mass is 10.2. The van der Waals surface area contributed by atoms with E-state index < -0.39 is 0 Å². The fourth-order valence-corrected chi connectivity index (χ4v) is 1.16. The molecule has 0 spiro atoms. The molecule has 0 saturated heterocycles. The molecule has 1 unspecified atom stereocenters. The van der Waals surface area contributed by atoms with Gasteiger partial charge in [-0.05, 0) is 26.7 Å². The molecule has 0 saturated carbocycles. The normalized spacial score (nSPS) is 12.8. The highest BCUT2D eigenvalue weighted by Gasteiger charge is 2.08. The number of unbranched alkanes of at least 4 members (excludes halogenated alkanes) is 1. The Labute approximate surface area is 81.9 Å². The third-order valence-electron chi connectivity index (χ3n) is 2.13. The summed E-state index contributed by atoms with van der Waals surface area (Å²) < 4.78 is 0. The van der Waals surface area contributed by atoms with Crippen LogP contribution in [0.4, 0.5) is 0 Å². The summed E-state index contributed by atoms with van der Waals surface area (Å²) in [6, 6.07) is 0.341. The second-order valence-corrected chi connectivity index (χ2v) is 3.30. The molecule has 2 heteroatoms. The highest BCUT2D eigenvalue weighted by molar-refractivity contribution is 4.87. The first-order valence-electron chi connectivity index (χ1n) is 5.03. The van der Waals surface area contributed by atoms with Gasteiger partial charge in [0.2, 0.25) is 0 Å². The van der Waals surface area contributed by atoms with Gasteiger partial charge in [-0.3, -0.25) is 0 Å². The second kappa shape index (κ2) is 7.67. The topological polar surface area (TPSA) is 27.0 Å². The van der Waals surface area contributed by atoms with Crippen LogP contribution in [0.5, 0.6) is 0 Å². The Bertz CT molecular complexity index is 179. The predicted molar refractivity (Wildman–Crippen MR) is 56.1 cm³/mol. The molecular formula is C11H20N2. The lowest BCUT2D eigenvalue weighted by molar-refractivity contribution is 0.303. The van der Waals surface area contributed by atoms with Crippen LogP contribution in [0.25, 0.3) is 0 Å². The third-order valence-corrected chi connectivity index (χ3v) is 2.13. The number of rotatable bonds is 6. The predicted octanol–water partition coefficient (Wildman–Crippen LogP) is 2.92. The van der Waals surface area contributed by atoms with Crippen LogP contribution in [0.15, 0.2) is 12.2 Å². The van der Waals surface area contributed by atoms with Crippen LogP contribution in [0.3, 0.4) is 0 Å². The van der Waals surface area contributed by atoms with Crippen molar-refractivity contribution in [1.82, 2.24) is 4.90 Å². The molecule has 0 aromatic rings. The molecule has 0 bridgehead atoms. The maximum atomic E-state index is 8.87. The molecule has 0 radical (unpaired) electrons. The van der Waals surface area contributed by atoms with Gasteiger partial charge < -0.3 is 4.90 Å². The van der Waals surface area contributed by atoms with Crippen molar-refractivity contribution in [3.05, 3.63) is 12.2 Å². The molecular weight excluding hydrogens is 160 g/mol. The first-order valence-corrected chi connectivity index (χ1v) is 5.03. The van der Waals surface area contributed by atoms with Crippen molar-refractivity contribution in [1.29, 1.82) is 5.26 Å². The van der Waals surface area contributed by atoms with E-state index in [9.17, 15) is 0 Å². The summed E-state index contributed by atoms with van der Waals surface area (Å²) in [4.78, 5) is 1.86. The SMILES string of the molecule is C/C=C/CC(C)N(C#N)CCCC. The van der Waals surface area contributed by atoms with Crippen LogP contribution in [0.1, 0.15) is 40.0 Å². The molecule has 1 atom stereocenters. The van der Waals surface area contributed by atoms with E-state index >= 15 is 0 Å². The zero-order valence-corrected chi connectivity index (χ0v) is 8.95. The van der Waals surface area contributed by atoms with Gasteiger partial charge in [-0.1, -0.05) is 25.5 Å². The van der Waals surface area contributed by atoms with Gasteiger partial charge in [0.25, 0.3) is 0 Å². The second-order valence-electron chi connectivity index (χ2n) is 3.30. The Balaban J connectivity index is 3.86. The lowest BCUT2D eigenvalue weighted by Gasteiger charge is -2.21. The van der Waals surface area contributed by atoms with Crippen molar-refractivity contribution in [2.75, 3.05) is 6.54 Å². The summed E-state index contributed by atoms with van der Waals surface area (Å²) in [5.74, 6) is 0. The minimum absolute atomic E-state index is 0.341. The quantitative estimate of drug-likeness (QED) is 0.357. The van der Waals surface area contributed by atoms with Crippen LogP contribution in [0, 0.1) is 11.5 Å². The molecule has 0 aromatic heterocycles. The number of nitrogens with zero attached hydrogens (tertiary/aromatic N) is 2. The van der Waals surface area contributed by atoms with E-state index in [0.29, 0.717) is 6.04 Å². The van der Waals surface area contributed by atoms with E-state index in [1.165, 1.54) is 0 Å². The van der Waals surface area contributed by atoms with Crippen LogP contribution in [0.2, 0.25) is 0 Å². The van der Waals surface area contributed by atoms with Crippen LogP contribution < -0.4 is 0 Å². The lowest BCUT2D eigenvalue weighted by Crippen LogP contribution is -2.28. The van der Waals surface area contributed by atoms with E-state index in [2.05, 4.69) is 26.1 Å². The summed E-state index contributed by atoms with van der Waals surface area (Å²) in [5, 5.41) is 8.87. The summed E-state index contributed by atoms with van der Waals surface area (Å²) in [7, 11) is 0. The van der Waals surface area contributed by atoms with E-state index in [0.717, 1.165) is 25.8 Å². The van der Waals surface area contributed by atoms with Crippen molar-refractivity contribution in [3.8, 4) is 6.19 Å². The molecule has 0 aliphatic heterocycles. The fourth-order valence-electron chi connectivity index (χ4n) is 1.16. The van der Waals surface area contributed by atoms with Crippen molar-refractivity contribution >= 4 is 0 Å². The molecule has 0 aliphatic carbocycles. The molecule has 2 nitrogen and oxygen atoms in total. The van der Waals surface area contributed by atoms with E-state index in [1.54, 1.807) is 0 Å². The van der Waals surface area contributed by atoms with E-state index in [4.69, 9.17) is 5.26 Å². The van der Waals surface area contributed by atoms with Gasteiger partial charge >= 0.3 is 0 Å². The number of hydrogen-bond acceptors (Lipinski definition) is 2. The van der Waals surface area contributed by atoms with Gasteiger partial charge in [0.05, 0.1) is 0 Å². The van der Waals surface area contributed by atoms with Crippen molar-refractivity contribution in [2.45, 2.75) is 46.1 Å². The highest BCUT2D eigenvalue weighted by Crippen LogP contribution is 2.05. The molecule has 0 aliphatic rings. The molecule has 13 heavy (non-hydrogen) atoms. The van der Waals surface area contributed by atoms with Gasteiger partial charge in [-0.2, -0.15) is 5.26 Å². The summed E-state index contributed by atoms with van der Waals surface area (Å²) in [6.07, 6.45) is 9.61. The van der Waals surface area contributed by atoms with E-state index in [-0.39, 0.29) is 0 Å². The Morgan fingerprint density at radius 3 is 2.69 bits per heavy atom. The number of allylic oxidation sites excluding steroid dienone is 1. The highest BCUT2D eigenvalue weighted by atomic mass is 15.1. The standard InChI is InChI=1S/C11H20N2/c1-4-6-8-11(3)13(10-12)9-7-5-2/h4,6,11H,5,7-9H2,1-3H3/b6-4+. The van der Waals surface area contributed by atoms with Crippen molar-refractivity contribution in [2.24, 2.45) is 0 Å². The van der Waals surface area contributed by atoms with Gasteiger partial charge in [-0.25, -0.2) is 0 Å². The van der Waals surface area contributed by atoms with Gasteiger partial charge in [0.15, 0.2) is 6.19 Å². The van der Waals surface area contributed by atoms with Crippen molar-refractivity contribution < 1.29 is 0 Å². The van der Waals surface area contributed by atoms with Crippen LogP contribution in [-0.4, -0.2) is 17.5 Å². The zero-order valence-electron chi connectivity index (χ0n) is 8.95. The summed E-state index contributed by atoms with van der Waals surface area (Å²) in [6.45, 7) is 7.15. The van der Waals surface area contributed by atoms with Crippen LogP contribution in [-0.2, 0) is 0 Å². The molecule has 0 N–H and O–H groups in total. The van der Waals surface area contributed by atoms with Gasteiger partial charge in [0.1, 0.15) is 0 Å². The summed E-state index contributed by atoms with van der Waals surface area (Å²) in [5.41, 5.74) is 0. The third kappa shape index (κ3) is 5.30. The molecule has 74 valence electrons. The maximum Gasteiger partial charge on any atom is 0.179 e. The minimum atomic E-state index is 0.341. The molecule has 0 fully saturated rings. The Kier molecular flexibility index (Phi) is 7.10. The average Bonchev–Trinajstić information content (AvgIpc) is 2.16. The number of hydrogen-bond donors (Lipinski definition) is 0. The fraction of sp³-hybridized carbons (Fsp3) is 0.727. The molecule has 0 aromatic carbocycles. The Morgan fingerprint density at radius 2 is 2.23 bits per heavy atom. The summed E-state index contributed by atoms with van der Waals surface area (Å²) >= 11 is 0. The first kappa shape index (κ1) is 12.0.